The second kappa shape index (κ2) is 10.8. The van der Waals surface area contributed by atoms with Gasteiger partial charge in [-0.1, -0.05) is 26.7 Å². The summed E-state index contributed by atoms with van der Waals surface area (Å²) < 4.78 is 16.1. The quantitative estimate of drug-likeness (QED) is 0.595. The summed E-state index contributed by atoms with van der Waals surface area (Å²) in [6.45, 7) is 8.66. The lowest BCUT2D eigenvalue weighted by atomic mass is 9.97. The number of unbranched alkanes of at least 4 members (excludes halogenated alkanes) is 1. The number of benzene rings is 1. The molecule has 0 radical (unpaired) electrons. The summed E-state index contributed by atoms with van der Waals surface area (Å²) in [6, 6.07) is 4.95. The Kier molecular flexibility index (Phi) is 9.13. The topological polar surface area (TPSA) is 73.9 Å². The predicted octanol–water partition coefficient (Wildman–Crippen LogP) is 4.19. The number of ether oxygens (including phenoxy) is 3. The highest BCUT2D eigenvalue weighted by molar-refractivity contribution is 5.99. The zero-order valence-corrected chi connectivity index (χ0v) is 16.5. The number of carbonyl (C=O) groups is 2. The number of anilines is 1. The molecule has 0 fully saturated rings. The highest BCUT2D eigenvalue weighted by Gasteiger charge is 2.33. The second-order valence-electron chi connectivity index (χ2n) is 6.27. The molecule has 1 rings (SSSR count). The lowest BCUT2D eigenvalue weighted by Gasteiger charge is -2.28. The fourth-order valence-corrected chi connectivity index (χ4v) is 2.56. The Bertz CT molecular complexity index is 602. The van der Waals surface area contributed by atoms with Crippen LogP contribution in [0.1, 0.15) is 63.7 Å². The molecular weight excluding hydrogens is 334 g/mol. The van der Waals surface area contributed by atoms with E-state index in [2.05, 4.69) is 12.2 Å². The first-order chi connectivity index (χ1) is 12.4. The molecule has 146 valence electrons. The third-order valence-corrected chi connectivity index (χ3v) is 4.06. The molecule has 1 atom stereocenters. The molecule has 0 aliphatic carbocycles. The summed E-state index contributed by atoms with van der Waals surface area (Å²) in [5.74, 6) is -0.299. The monoisotopic (exact) mass is 365 g/mol. The summed E-state index contributed by atoms with van der Waals surface area (Å²) in [5.41, 5.74) is -0.125. The number of carbonyl (C=O) groups excluding carboxylic acids is 2. The van der Waals surface area contributed by atoms with Crippen LogP contribution >= 0.6 is 0 Å². The number of hydrogen-bond donors (Lipinski definition) is 1. The van der Waals surface area contributed by atoms with E-state index in [4.69, 9.17) is 14.2 Å². The van der Waals surface area contributed by atoms with Crippen LogP contribution in [0, 0.1) is 0 Å². The molecule has 0 bridgehead atoms. The molecule has 6 nitrogen and oxygen atoms in total. The van der Waals surface area contributed by atoms with Crippen LogP contribution < -0.4 is 10.1 Å². The molecule has 0 saturated carbocycles. The number of rotatable bonds is 11. The van der Waals surface area contributed by atoms with E-state index in [1.807, 2.05) is 13.8 Å². The molecule has 1 N–H and O–H groups in total. The third-order valence-electron chi connectivity index (χ3n) is 4.06. The number of hydrogen-bond acceptors (Lipinski definition) is 5. The first-order valence-corrected chi connectivity index (χ1v) is 9.22. The molecule has 1 amide bonds. The molecular formula is C20H31NO5. The molecule has 0 aliphatic heterocycles. The van der Waals surface area contributed by atoms with Crippen LogP contribution in [-0.2, 0) is 14.3 Å². The van der Waals surface area contributed by atoms with Crippen molar-refractivity contribution in [1.82, 2.24) is 0 Å². The summed E-state index contributed by atoms with van der Waals surface area (Å²) in [7, 11) is 1.31. The van der Waals surface area contributed by atoms with Gasteiger partial charge in [-0.15, -0.1) is 0 Å². The van der Waals surface area contributed by atoms with Crippen LogP contribution in [0.5, 0.6) is 5.75 Å². The Balaban J connectivity index is 3.03. The van der Waals surface area contributed by atoms with Gasteiger partial charge in [0.2, 0.25) is 0 Å². The van der Waals surface area contributed by atoms with Crippen molar-refractivity contribution >= 4 is 17.6 Å². The highest BCUT2D eigenvalue weighted by Crippen LogP contribution is 2.26. The van der Waals surface area contributed by atoms with Gasteiger partial charge in [-0.3, -0.25) is 4.79 Å². The van der Waals surface area contributed by atoms with Crippen LogP contribution in [0.2, 0.25) is 0 Å². The molecule has 0 aromatic heterocycles. The van der Waals surface area contributed by atoms with Gasteiger partial charge in [0.25, 0.3) is 5.91 Å². The van der Waals surface area contributed by atoms with E-state index in [1.54, 1.807) is 25.1 Å². The Labute approximate surface area is 156 Å². The Hall–Kier alpha value is -2.08. The SMILES string of the molecule is CCCC[C@@](C)(OCC)C(=O)Nc1ccc(OCCC)c(C(=O)OC)c1. The lowest BCUT2D eigenvalue weighted by molar-refractivity contribution is -0.139. The fourth-order valence-electron chi connectivity index (χ4n) is 2.56. The predicted molar refractivity (Wildman–Crippen MR) is 102 cm³/mol. The minimum absolute atomic E-state index is 0.231. The number of esters is 1. The van der Waals surface area contributed by atoms with Crippen molar-refractivity contribution in [2.45, 2.75) is 59.0 Å². The van der Waals surface area contributed by atoms with Crippen molar-refractivity contribution in [3.63, 3.8) is 0 Å². The van der Waals surface area contributed by atoms with Gasteiger partial charge in [0.15, 0.2) is 0 Å². The van der Waals surface area contributed by atoms with Crippen LogP contribution in [-0.4, -0.2) is 37.8 Å². The zero-order valence-electron chi connectivity index (χ0n) is 16.5. The second-order valence-corrected chi connectivity index (χ2v) is 6.27. The number of amides is 1. The van der Waals surface area contributed by atoms with E-state index >= 15 is 0 Å². The van der Waals surface area contributed by atoms with Crippen LogP contribution in [0.25, 0.3) is 0 Å². The average molecular weight is 365 g/mol. The Morgan fingerprint density at radius 2 is 1.88 bits per heavy atom. The summed E-state index contributed by atoms with van der Waals surface area (Å²) in [5, 5.41) is 2.85. The molecule has 26 heavy (non-hydrogen) atoms. The molecule has 0 saturated heterocycles. The van der Waals surface area contributed by atoms with Gasteiger partial charge in [0.1, 0.15) is 16.9 Å². The van der Waals surface area contributed by atoms with Crippen molar-refractivity contribution in [2.24, 2.45) is 0 Å². The molecule has 0 heterocycles. The van der Waals surface area contributed by atoms with Gasteiger partial charge in [-0.05, 0) is 44.9 Å². The van der Waals surface area contributed by atoms with E-state index in [1.165, 1.54) is 7.11 Å². The van der Waals surface area contributed by atoms with E-state index in [0.717, 1.165) is 19.3 Å². The smallest absolute Gasteiger partial charge is 0.341 e. The minimum atomic E-state index is -0.909. The maximum atomic E-state index is 12.8. The highest BCUT2D eigenvalue weighted by atomic mass is 16.5. The summed E-state index contributed by atoms with van der Waals surface area (Å²) in [6.07, 6.45) is 3.32. The van der Waals surface area contributed by atoms with E-state index in [-0.39, 0.29) is 11.5 Å². The normalized spacial score (nSPS) is 13.0. The van der Waals surface area contributed by atoms with Crippen molar-refractivity contribution in [3.05, 3.63) is 23.8 Å². The van der Waals surface area contributed by atoms with E-state index in [0.29, 0.717) is 31.1 Å². The standard InChI is InChI=1S/C20H31NO5/c1-6-9-12-20(4,26-8-3)19(23)21-15-10-11-17(25-13-7-2)16(14-15)18(22)24-5/h10-11,14H,6-9,12-13H2,1-5H3,(H,21,23)/t20-/m1/s1. The van der Waals surface area contributed by atoms with Crippen LogP contribution in [0.4, 0.5) is 5.69 Å². The first-order valence-electron chi connectivity index (χ1n) is 9.22. The molecule has 0 aliphatic rings. The van der Waals surface area contributed by atoms with Gasteiger partial charge >= 0.3 is 5.97 Å². The van der Waals surface area contributed by atoms with Crippen LogP contribution in [0.3, 0.4) is 0 Å². The van der Waals surface area contributed by atoms with Gasteiger partial charge in [0, 0.05) is 12.3 Å². The van der Waals surface area contributed by atoms with Gasteiger partial charge < -0.3 is 19.5 Å². The van der Waals surface area contributed by atoms with Crippen molar-refractivity contribution in [1.29, 1.82) is 0 Å². The molecule has 0 spiro atoms. The molecule has 1 aromatic carbocycles. The lowest BCUT2D eigenvalue weighted by Crippen LogP contribution is -2.42. The largest absolute Gasteiger partial charge is 0.493 e. The molecule has 6 heteroatoms. The maximum Gasteiger partial charge on any atom is 0.341 e. The number of nitrogens with one attached hydrogen (secondary N) is 1. The van der Waals surface area contributed by atoms with Gasteiger partial charge in [0.05, 0.1) is 13.7 Å². The van der Waals surface area contributed by atoms with Crippen LogP contribution in [0.15, 0.2) is 18.2 Å². The summed E-state index contributed by atoms with van der Waals surface area (Å²) >= 11 is 0. The molecule has 0 unspecified atom stereocenters. The van der Waals surface area contributed by atoms with Gasteiger partial charge in [-0.25, -0.2) is 4.79 Å². The first kappa shape index (κ1) is 22.0. The van der Waals surface area contributed by atoms with Gasteiger partial charge in [-0.2, -0.15) is 0 Å². The molecule has 1 aromatic rings. The zero-order chi connectivity index (χ0) is 19.6. The Morgan fingerprint density at radius 1 is 1.15 bits per heavy atom. The Morgan fingerprint density at radius 3 is 2.46 bits per heavy atom. The van der Waals surface area contributed by atoms with E-state index in [9.17, 15) is 9.59 Å². The fraction of sp³-hybridized carbons (Fsp3) is 0.600. The number of methoxy groups -OCH3 is 1. The average Bonchev–Trinajstić information content (AvgIpc) is 2.64. The third kappa shape index (κ3) is 6.02. The maximum absolute atomic E-state index is 12.8. The minimum Gasteiger partial charge on any atom is -0.493 e. The van der Waals surface area contributed by atoms with Crippen molar-refractivity contribution in [3.8, 4) is 5.75 Å². The van der Waals surface area contributed by atoms with Crippen molar-refractivity contribution in [2.75, 3.05) is 25.6 Å². The summed E-state index contributed by atoms with van der Waals surface area (Å²) in [4.78, 5) is 24.8. The van der Waals surface area contributed by atoms with Crippen molar-refractivity contribution < 1.29 is 23.8 Å². The van der Waals surface area contributed by atoms with E-state index < -0.39 is 11.6 Å².